The van der Waals surface area contributed by atoms with Gasteiger partial charge in [-0.3, -0.25) is 4.79 Å². The van der Waals surface area contributed by atoms with Crippen molar-refractivity contribution in [1.29, 1.82) is 0 Å². The molecule has 1 rings (SSSR count). The Bertz CT molecular complexity index is 438. The summed E-state index contributed by atoms with van der Waals surface area (Å²) in [6, 6.07) is 1.41. The fourth-order valence-corrected chi connectivity index (χ4v) is 1.97. The lowest BCUT2D eigenvalue weighted by Gasteiger charge is -2.20. The Morgan fingerprint density at radius 2 is 2.06 bits per heavy atom. The van der Waals surface area contributed by atoms with E-state index in [9.17, 15) is 4.79 Å². The summed E-state index contributed by atoms with van der Waals surface area (Å²) in [5.41, 5.74) is 6.13. The van der Waals surface area contributed by atoms with Crippen molar-refractivity contribution in [2.24, 2.45) is 11.7 Å². The zero-order valence-corrected chi connectivity index (χ0v) is 11.4. The van der Waals surface area contributed by atoms with Gasteiger partial charge in [-0.2, -0.15) is 0 Å². The van der Waals surface area contributed by atoms with Crippen LogP contribution in [0.4, 0.5) is 0 Å². The first-order chi connectivity index (χ1) is 7.82. The standard InChI is InChI=1S/C12H18N2O2S/c1-6(2)10(11(13)17)14-12(15)9-5-7(3)16-8(9)4/h5-6,10H,1-4H3,(H2,13,17)(H,14,15). The van der Waals surface area contributed by atoms with Crippen LogP contribution < -0.4 is 11.1 Å². The van der Waals surface area contributed by atoms with Crippen LogP contribution >= 0.6 is 12.2 Å². The van der Waals surface area contributed by atoms with Crippen LogP contribution in [0, 0.1) is 19.8 Å². The summed E-state index contributed by atoms with van der Waals surface area (Å²) in [7, 11) is 0. The van der Waals surface area contributed by atoms with Crippen LogP contribution in [0.3, 0.4) is 0 Å². The molecule has 1 heterocycles. The number of nitrogens with one attached hydrogen (secondary N) is 1. The van der Waals surface area contributed by atoms with Crippen LogP contribution in [0.5, 0.6) is 0 Å². The van der Waals surface area contributed by atoms with Gasteiger partial charge in [0, 0.05) is 0 Å². The second-order valence-corrected chi connectivity index (χ2v) is 4.90. The molecule has 0 bridgehead atoms. The molecule has 1 atom stereocenters. The highest BCUT2D eigenvalue weighted by atomic mass is 32.1. The summed E-state index contributed by atoms with van der Waals surface area (Å²) in [4.78, 5) is 12.3. The number of hydrogen-bond donors (Lipinski definition) is 2. The Kier molecular flexibility index (Phi) is 4.28. The maximum absolute atomic E-state index is 12.0. The lowest BCUT2D eigenvalue weighted by molar-refractivity contribution is 0.0938. The number of furan rings is 1. The SMILES string of the molecule is Cc1cc(C(=O)NC(C(N)=S)C(C)C)c(C)o1. The van der Waals surface area contributed by atoms with E-state index in [4.69, 9.17) is 22.4 Å². The van der Waals surface area contributed by atoms with E-state index in [0.29, 0.717) is 22.1 Å². The van der Waals surface area contributed by atoms with Gasteiger partial charge in [0.1, 0.15) is 11.5 Å². The molecule has 3 N–H and O–H groups in total. The number of thiocarbonyl (C=S) groups is 1. The second kappa shape index (κ2) is 5.31. The number of rotatable bonds is 4. The predicted octanol–water partition coefficient (Wildman–Crippen LogP) is 1.94. The number of amides is 1. The van der Waals surface area contributed by atoms with Gasteiger partial charge in [0.2, 0.25) is 0 Å². The summed E-state index contributed by atoms with van der Waals surface area (Å²) in [6.07, 6.45) is 0. The molecule has 0 aliphatic heterocycles. The molecule has 0 spiro atoms. The Morgan fingerprint density at radius 3 is 2.41 bits per heavy atom. The molecule has 0 radical (unpaired) electrons. The highest BCUT2D eigenvalue weighted by Gasteiger charge is 2.21. The average molecular weight is 254 g/mol. The van der Waals surface area contributed by atoms with Gasteiger partial charge >= 0.3 is 0 Å². The zero-order chi connectivity index (χ0) is 13.2. The van der Waals surface area contributed by atoms with Crippen LogP contribution in [-0.4, -0.2) is 16.9 Å². The molecule has 0 fully saturated rings. The average Bonchev–Trinajstić information content (AvgIpc) is 2.53. The van der Waals surface area contributed by atoms with E-state index < -0.39 is 0 Å². The molecule has 0 aliphatic rings. The van der Waals surface area contributed by atoms with E-state index in [1.54, 1.807) is 19.9 Å². The van der Waals surface area contributed by atoms with E-state index >= 15 is 0 Å². The van der Waals surface area contributed by atoms with Gasteiger partial charge in [-0.15, -0.1) is 0 Å². The van der Waals surface area contributed by atoms with Crippen molar-refractivity contribution in [2.45, 2.75) is 33.7 Å². The number of aryl methyl sites for hydroxylation is 2. The van der Waals surface area contributed by atoms with Crippen molar-refractivity contribution < 1.29 is 9.21 Å². The molecule has 1 unspecified atom stereocenters. The molecule has 5 heteroatoms. The Morgan fingerprint density at radius 1 is 1.47 bits per heavy atom. The van der Waals surface area contributed by atoms with Crippen molar-refractivity contribution >= 4 is 23.1 Å². The molecule has 17 heavy (non-hydrogen) atoms. The highest BCUT2D eigenvalue weighted by Crippen LogP contribution is 2.14. The molecule has 0 aromatic carbocycles. The van der Waals surface area contributed by atoms with Gasteiger partial charge in [-0.1, -0.05) is 26.1 Å². The maximum Gasteiger partial charge on any atom is 0.255 e. The number of hydrogen-bond acceptors (Lipinski definition) is 3. The van der Waals surface area contributed by atoms with Gasteiger partial charge in [0.25, 0.3) is 5.91 Å². The Hall–Kier alpha value is -1.36. The van der Waals surface area contributed by atoms with Crippen molar-refractivity contribution in [1.82, 2.24) is 5.32 Å². The quantitative estimate of drug-likeness (QED) is 0.806. The van der Waals surface area contributed by atoms with Crippen molar-refractivity contribution in [3.05, 3.63) is 23.2 Å². The van der Waals surface area contributed by atoms with Gasteiger partial charge in [0.05, 0.1) is 16.6 Å². The van der Waals surface area contributed by atoms with Crippen LogP contribution in [0.2, 0.25) is 0 Å². The summed E-state index contributed by atoms with van der Waals surface area (Å²) < 4.78 is 5.31. The molecule has 4 nitrogen and oxygen atoms in total. The number of nitrogens with two attached hydrogens (primary N) is 1. The highest BCUT2D eigenvalue weighted by molar-refractivity contribution is 7.80. The van der Waals surface area contributed by atoms with E-state index in [2.05, 4.69) is 5.32 Å². The first-order valence-electron chi connectivity index (χ1n) is 5.50. The second-order valence-electron chi connectivity index (χ2n) is 4.42. The summed E-state index contributed by atoms with van der Waals surface area (Å²) in [5.74, 6) is 1.27. The minimum atomic E-state index is -0.299. The summed E-state index contributed by atoms with van der Waals surface area (Å²) in [6.45, 7) is 7.47. The van der Waals surface area contributed by atoms with E-state index in [1.165, 1.54) is 0 Å². The maximum atomic E-state index is 12.0. The zero-order valence-electron chi connectivity index (χ0n) is 10.5. The first-order valence-corrected chi connectivity index (χ1v) is 5.91. The molecule has 94 valence electrons. The number of carbonyl (C=O) groups excluding carboxylic acids is 1. The third-order valence-corrected chi connectivity index (χ3v) is 2.80. The van der Waals surface area contributed by atoms with Crippen LogP contribution in [0.1, 0.15) is 35.7 Å². The van der Waals surface area contributed by atoms with Crippen LogP contribution in [0.25, 0.3) is 0 Å². The third kappa shape index (κ3) is 3.30. The lowest BCUT2D eigenvalue weighted by atomic mass is 10.0. The third-order valence-electron chi connectivity index (χ3n) is 2.55. The normalized spacial score (nSPS) is 12.5. The Balaban J connectivity index is 2.85. The fraction of sp³-hybridized carbons (Fsp3) is 0.500. The molecule has 1 aromatic rings. The summed E-state index contributed by atoms with van der Waals surface area (Å²) in [5, 5.41) is 2.82. The minimum Gasteiger partial charge on any atom is -0.466 e. The molecular formula is C12H18N2O2S. The topological polar surface area (TPSA) is 68.3 Å². The predicted molar refractivity (Wildman–Crippen MR) is 71.1 cm³/mol. The van der Waals surface area contributed by atoms with E-state index in [0.717, 1.165) is 0 Å². The van der Waals surface area contributed by atoms with Crippen molar-refractivity contribution in [3.8, 4) is 0 Å². The van der Waals surface area contributed by atoms with Gasteiger partial charge < -0.3 is 15.5 Å². The van der Waals surface area contributed by atoms with Crippen LogP contribution in [0.15, 0.2) is 10.5 Å². The van der Waals surface area contributed by atoms with Crippen molar-refractivity contribution in [3.63, 3.8) is 0 Å². The first kappa shape index (κ1) is 13.7. The van der Waals surface area contributed by atoms with Gasteiger partial charge in [0.15, 0.2) is 0 Å². The van der Waals surface area contributed by atoms with Gasteiger partial charge in [-0.05, 0) is 25.8 Å². The molecule has 1 aromatic heterocycles. The number of carbonyl (C=O) groups is 1. The molecule has 0 saturated carbocycles. The largest absolute Gasteiger partial charge is 0.466 e. The Labute approximate surface area is 107 Å². The molecule has 0 aliphatic carbocycles. The van der Waals surface area contributed by atoms with Crippen molar-refractivity contribution in [2.75, 3.05) is 0 Å². The van der Waals surface area contributed by atoms with Gasteiger partial charge in [-0.25, -0.2) is 0 Å². The molecule has 0 saturated heterocycles. The van der Waals surface area contributed by atoms with E-state index in [-0.39, 0.29) is 17.9 Å². The lowest BCUT2D eigenvalue weighted by Crippen LogP contribution is -2.46. The molecule has 1 amide bonds. The van der Waals surface area contributed by atoms with E-state index in [1.807, 2.05) is 13.8 Å². The molecular weight excluding hydrogens is 236 g/mol. The smallest absolute Gasteiger partial charge is 0.255 e. The fourth-order valence-electron chi connectivity index (χ4n) is 1.64. The summed E-state index contributed by atoms with van der Waals surface area (Å²) >= 11 is 4.94. The van der Waals surface area contributed by atoms with Crippen LogP contribution in [-0.2, 0) is 0 Å². The minimum absolute atomic E-state index is 0.157. The monoisotopic (exact) mass is 254 g/mol.